The van der Waals surface area contributed by atoms with Gasteiger partial charge in [0.2, 0.25) is 0 Å². The normalized spacial score (nSPS) is 11.4. The molecule has 12 heteroatoms. The highest BCUT2D eigenvalue weighted by Crippen LogP contribution is 2.43. The van der Waals surface area contributed by atoms with Gasteiger partial charge in [0.15, 0.2) is 17.3 Å². The van der Waals surface area contributed by atoms with Crippen LogP contribution in [0.5, 0.6) is 17.2 Å². The number of benzene rings is 4. The van der Waals surface area contributed by atoms with E-state index in [1.165, 1.54) is 16.8 Å². The van der Waals surface area contributed by atoms with Gasteiger partial charge >= 0.3 is 0 Å². The second-order valence-electron chi connectivity index (χ2n) is 11.2. The van der Waals surface area contributed by atoms with Crippen LogP contribution in [0.3, 0.4) is 0 Å². The highest BCUT2D eigenvalue weighted by atomic mass is 79.9. The van der Waals surface area contributed by atoms with Crippen molar-refractivity contribution in [3.63, 3.8) is 0 Å². The highest BCUT2D eigenvalue weighted by molar-refractivity contribution is 9.13. The highest BCUT2D eigenvalue weighted by Gasteiger charge is 2.21. The van der Waals surface area contributed by atoms with E-state index in [4.69, 9.17) is 24.3 Å². The minimum Gasteiger partial charge on any atom is -0.494 e. The molecule has 0 N–H and O–H groups in total. The molecule has 0 aliphatic rings. The van der Waals surface area contributed by atoms with Gasteiger partial charge in [0.05, 0.1) is 39.7 Å². The second-order valence-corrected chi connectivity index (χ2v) is 12.8. The Morgan fingerprint density at radius 1 is 0.958 bits per heavy atom. The van der Waals surface area contributed by atoms with E-state index in [0.29, 0.717) is 61.5 Å². The maximum atomic E-state index is 14.0. The Bertz CT molecular complexity index is 2090. The van der Waals surface area contributed by atoms with Gasteiger partial charge in [-0.25, -0.2) is 4.98 Å². The molecule has 1 heterocycles. The number of ether oxygens (including phenoxy) is 3. The number of non-ortho nitro benzene ring substituents is 1. The van der Waals surface area contributed by atoms with Crippen molar-refractivity contribution in [2.75, 3.05) is 13.2 Å². The van der Waals surface area contributed by atoms with E-state index in [2.05, 4.69) is 45.7 Å². The minimum atomic E-state index is -0.446. The molecular weight excluding hydrogens is 744 g/mol. The molecule has 248 valence electrons. The first-order chi connectivity index (χ1) is 23.0. The van der Waals surface area contributed by atoms with Crippen LogP contribution in [-0.4, -0.2) is 34.0 Å². The molecule has 0 aliphatic carbocycles. The summed E-state index contributed by atoms with van der Waals surface area (Å²) in [4.78, 5) is 29.7. The third-order valence-corrected chi connectivity index (χ3v) is 9.69. The van der Waals surface area contributed by atoms with Gasteiger partial charge in [0, 0.05) is 27.7 Å². The number of rotatable bonds is 12. The van der Waals surface area contributed by atoms with Crippen molar-refractivity contribution in [2.45, 2.75) is 47.1 Å². The lowest BCUT2D eigenvalue weighted by atomic mass is 9.96. The zero-order valence-electron chi connectivity index (χ0n) is 27.1. The fourth-order valence-corrected chi connectivity index (χ4v) is 6.14. The lowest BCUT2D eigenvalue weighted by Crippen LogP contribution is -2.21. The maximum Gasteiger partial charge on any atom is 0.282 e. The average Bonchev–Trinajstić information content (AvgIpc) is 3.06. The van der Waals surface area contributed by atoms with E-state index in [9.17, 15) is 14.9 Å². The molecule has 0 atom stereocenters. The van der Waals surface area contributed by atoms with Gasteiger partial charge in [-0.1, -0.05) is 38.1 Å². The van der Waals surface area contributed by atoms with Crippen LogP contribution in [-0.2, 0) is 6.61 Å². The first-order valence-electron chi connectivity index (χ1n) is 15.4. The molecule has 5 rings (SSSR count). The number of nitro benzene ring substituents is 1. The first kappa shape index (κ1) is 34.8. The number of nitrogens with zero attached hydrogens (tertiary/aromatic N) is 4. The monoisotopic (exact) mass is 776 g/mol. The van der Waals surface area contributed by atoms with Gasteiger partial charge in [-0.15, -0.1) is 0 Å². The third kappa shape index (κ3) is 7.29. The number of hydrogen-bond acceptors (Lipinski definition) is 8. The molecule has 0 aliphatic heterocycles. The number of halogens is 2. The van der Waals surface area contributed by atoms with Crippen LogP contribution < -0.4 is 19.8 Å². The predicted molar refractivity (Wildman–Crippen MR) is 195 cm³/mol. The molecule has 0 saturated carbocycles. The summed E-state index contributed by atoms with van der Waals surface area (Å²) in [6.07, 6.45) is 1.57. The molecule has 1 aromatic heterocycles. The molecule has 0 amide bonds. The Morgan fingerprint density at radius 3 is 2.40 bits per heavy atom. The zero-order chi connectivity index (χ0) is 34.5. The Kier molecular flexibility index (Phi) is 11.0. The number of nitro groups is 1. The maximum absolute atomic E-state index is 14.0. The van der Waals surface area contributed by atoms with Crippen molar-refractivity contribution in [3.8, 4) is 28.6 Å². The Morgan fingerprint density at radius 2 is 1.69 bits per heavy atom. The molecule has 0 fully saturated rings. The molecule has 48 heavy (non-hydrogen) atoms. The first-order valence-corrected chi connectivity index (χ1v) is 17.0. The fraction of sp³-hybridized carbons (Fsp3) is 0.250. The van der Waals surface area contributed by atoms with Crippen molar-refractivity contribution in [1.29, 1.82) is 0 Å². The Labute approximate surface area is 294 Å². The summed E-state index contributed by atoms with van der Waals surface area (Å²) < 4.78 is 20.5. The summed E-state index contributed by atoms with van der Waals surface area (Å²) in [6, 6.07) is 19.2. The van der Waals surface area contributed by atoms with Crippen LogP contribution in [0.2, 0.25) is 0 Å². The van der Waals surface area contributed by atoms with Crippen LogP contribution in [0.4, 0.5) is 5.69 Å². The summed E-state index contributed by atoms with van der Waals surface area (Å²) in [5.41, 5.74) is 4.12. The fourth-order valence-electron chi connectivity index (χ4n) is 5.21. The zero-order valence-corrected chi connectivity index (χ0v) is 30.3. The van der Waals surface area contributed by atoms with Crippen LogP contribution in [0, 0.1) is 17.0 Å². The van der Waals surface area contributed by atoms with Crippen molar-refractivity contribution in [1.82, 2.24) is 9.66 Å². The average molecular weight is 778 g/mol. The lowest BCUT2D eigenvalue weighted by Gasteiger charge is -2.18. The summed E-state index contributed by atoms with van der Waals surface area (Å²) in [6.45, 7) is 10.9. The van der Waals surface area contributed by atoms with Crippen molar-refractivity contribution in [2.24, 2.45) is 5.10 Å². The van der Waals surface area contributed by atoms with Gasteiger partial charge in [-0.2, -0.15) is 9.78 Å². The number of para-hydroxylation sites is 1. The predicted octanol–water partition coefficient (Wildman–Crippen LogP) is 9.19. The summed E-state index contributed by atoms with van der Waals surface area (Å²) >= 11 is 7.27. The molecule has 10 nitrogen and oxygen atoms in total. The standard InChI is InChI=1S/C36H34Br2N4O6/c1-6-46-30-15-22(5)28(18-27(30)21(3)4)35-40-29-14-9-8-13-26(29)36(43)41(35)39-19-24-17-31(47-7-2)34(33(38)32(24)37)48-20-23-11-10-12-25(16-23)42(44)45/h8-19,21H,6-7,20H2,1-5H3. The molecule has 0 spiro atoms. The molecule has 0 saturated heterocycles. The number of hydrogen-bond donors (Lipinski definition) is 0. The van der Waals surface area contributed by atoms with E-state index in [1.54, 1.807) is 36.5 Å². The number of fused-ring (bicyclic) bond motifs is 1. The minimum absolute atomic E-state index is 0.0217. The van der Waals surface area contributed by atoms with E-state index >= 15 is 0 Å². The summed E-state index contributed by atoms with van der Waals surface area (Å²) in [5, 5.41) is 16.4. The summed E-state index contributed by atoms with van der Waals surface area (Å²) in [5.74, 6) is 2.20. The Balaban J connectivity index is 1.61. The Hall–Kier alpha value is -4.55. The molecule has 4 aromatic carbocycles. The largest absolute Gasteiger partial charge is 0.494 e. The van der Waals surface area contributed by atoms with Gasteiger partial charge in [0.25, 0.3) is 11.2 Å². The number of aromatic nitrogens is 2. The number of aryl methyl sites for hydroxylation is 1. The SMILES string of the molecule is CCOc1cc(C)c(-c2nc3ccccc3c(=O)n2N=Cc2cc(OCC)c(OCc3cccc([N+](=O)[O-])c3)c(Br)c2Br)cc1C(C)C. The molecule has 0 unspecified atom stereocenters. The van der Waals surface area contributed by atoms with Crippen LogP contribution in [0.1, 0.15) is 55.9 Å². The molecular formula is C36H34Br2N4O6. The molecule has 0 bridgehead atoms. The summed E-state index contributed by atoms with van der Waals surface area (Å²) in [7, 11) is 0. The van der Waals surface area contributed by atoms with Crippen LogP contribution in [0.15, 0.2) is 85.6 Å². The molecule has 5 aromatic rings. The van der Waals surface area contributed by atoms with Gasteiger partial charge in [-0.3, -0.25) is 14.9 Å². The van der Waals surface area contributed by atoms with Crippen molar-refractivity contribution in [3.05, 3.63) is 118 Å². The van der Waals surface area contributed by atoms with Gasteiger partial charge in [0.1, 0.15) is 12.4 Å². The topological polar surface area (TPSA) is 118 Å². The van der Waals surface area contributed by atoms with Gasteiger partial charge < -0.3 is 14.2 Å². The smallest absolute Gasteiger partial charge is 0.282 e. The van der Waals surface area contributed by atoms with Crippen molar-refractivity contribution < 1.29 is 19.1 Å². The second kappa shape index (κ2) is 15.1. The van der Waals surface area contributed by atoms with E-state index < -0.39 is 4.92 Å². The lowest BCUT2D eigenvalue weighted by molar-refractivity contribution is -0.384. The molecule has 0 radical (unpaired) electrons. The quantitative estimate of drug-likeness (QED) is 0.0704. The van der Waals surface area contributed by atoms with Crippen molar-refractivity contribution >= 4 is 54.7 Å². The van der Waals surface area contributed by atoms with Gasteiger partial charge in [-0.05, 0) is 106 Å². The van der Waals surface area contributed by atoms with E-state index in [-0.39, 0.29) is 23.8 Å². The van der Waals surface area contributed by atoms with E-state index in [0.717, 1.165) is 22.4 Å². The third-order valence-electron chi connectivity index (χ3n) is 7.55. The van der Waals surface area contributed by atoms with Crippen LogP contribution >= 0.6 is 31.9 Å². The van der Waals surface area contributed by atoms with E-state index in [1.807, 2.05) is 45.0 Å². The van der Waals surface area contributed by atoms with Crippen LogP contribution in [0.25, 0.3) is 22.3 Å².